The Kier molecular flexibility index (Phi) is 8.23. The molecule has 0 aliphatic heterocycles. The maximum Gasteiger partial charge on any atom is 0.250 e. The molecule has 1 amide bonds. The molecule has 4 aromatic rings. The van der Waals surface area contributed by atoms with Crippen LogP contribution in [-0.2, 0) is 11.4 Å². The van der Waals surface area contributed by atoms with Crippen LogP contribution in [0.15, 0.2) is 76.7 Å². The number of nitrogens with zero attached hydrogens (tertiary/aromatic N) is 2. The van der Waals surface area contributed by atoms with Gasteiger partial charge in [0.15, 0.2) is 11.5 Å². The van der Waals surface area contributed by atoms with Crippen molar-refractivity contribution in [3.05, 3.63) is 94.7 Å². The van der Waals surface area contributed by atoms with Crippen LogP contribution in [0.4, 0.5) is 0 Å². The Morgan fingerprint density at radius 3 is 2.53 bits per heavy atom. The van der Waals surface area contributed by atoms with Gasteiger partial charge in [-0.2, -0.15) is 5.10 Å². The number of hydrazone groups is 1. The van der Waals surface area contributed by atoms with E-state index < -0.39 is 0 Å². The summed E-state index contributed by atoms with van der Waals surface area (Å²) in [5.74, 6) is 1.31. The smallest absolute Gasteiger partial charge is 0.250 e. The number of aryl methyl sites for hydroxylation is 3. The Labute approximate surface area is 215 Å². The molecule has 0 unspecified atom stereocenters. The summed E-state index contributed by atoms with van der Waals surface area (Å²) in [5.41, 5.74) is 8.69. The molecule has 0 saturated heterocycles. The molecule has 0 aliphatic rings. The van der Waals surface area contributed by atoms with E-state index in [1.807, 2.05) is 62.4 Å². The molecule has 1 heterocycles. The van der Waals surface area contributed by atoms with E-state index in [1.165, 1.54) is 17.3 Å². The fourth-order valence-electron chi connectivity index (χ4n) is 3.64. The van der Waals surface area contributed by atoms with Gasteiger partial charge >= 0.3 is 0 Å². The number of benzene rings is 3. The van der Waals surface area contributed by atoms with Crippen LogP contribution in [0, 0.1) is 20.8 Å². The minimum absolute atomic E-state index is 0.184. The second kappa shape index (κ2) is 11.7. The maximum absolute atomic E-state index is 12.4. The second-order valence-electron chi connectivity index (χ2n) is 8.55. The number of carbonyl (C=O) groups is 1. The van der Waals surface area contributed by atoms with E-state index in [-0.39, 0.29) is 11.7 Å². The number of amides is 1. The highest BCUT2D eigenvalue weighted by molar-refractivity contribution is 8.00. The van der Waals surface area contributed by atoms with E-state index in [0.717, 1.165) is 38.2 Å². The summed E-state index contributed by atoms with van der Waals surface area (Å²) < 4.78 is 11.4. The summed E-state index contributed by atoms with van der Waals surface area (Å²) in [5, 5.41) is 5.16. The lowest BCUT2D eigenvalue weighted by atomic mass is 10.1. The van der Waals surface area contributed by atoms with Gasteiger partial charge in [-0.05, 0) is 68.3 Å². The third-order valence-electron chi connectivity index (χ3n) is 5.52. The van der Waals surface area contributed by atoms with E-state index in [1.54, 1.807) is 13.3 Å². The number of hydrogen-bond acceptors (Lipinski definition) is 6. The summed E-state index contributed by atoms with van der Waals surface area (Å²) in [4.78, 5) is 18.0. The third-order valence-corrected chi connectivity index (χ3v) is 6.57. The number of aromatic nitrogens is 1. The summed E-state index contributed by atoms with van der Waals surface area (Å²) >= 11 is 1.48. The van der Waals surface area contributed by atoms with Crippen molar-refractivity contribution < 1.29 is 14.3 Å². The molecule has 0 radical (unpaired) electrons. The van der Waals surface area contributed by atoms with E-state index in [0.29, 0.717) is 18.1 Å². The number of carbonyl (C=O) groups excluding carboxylic acids is 1. The lowest BCUT2D eigenvalue weighted by molar-refractivity contribution is -0.118. The molecule has 0 atom stereocenters. The number of fused-ring (bicyclic) bond motifs is 1. The van der Waals surface area contributed by atoms with Crippen LogP contribution in [0.5, 0.6) is 11.5 Å². The van der Waals surface area contributed by atoms with Crippen LogP contribution in [0.1, 0.15) is 27.9 Å². The van der Waals surface area contributed by atoms with Crippen molar-refractivity contribution in [2.75, 3.05) is 12.9 Å². The molecule has 0 fully saturated rings. The van der Waals surface area contributed by atoms with Crippen LogP contribution in [-0.4, -0.2) is 30.0 Å². The van der Waals surface area contributed by atoms with E-state index >= 15 is 0 Å². The number of methoxy groups -OCH3 is 1. The third kappa shape index (κ3) is 6.64. The highest BCUT2D eigenvalue weighted by Gasteiger charge is 2.09. The van der Waals surface area contributed by atoms with Gasteiger partial charge in [-0.15, -0.1) is 11.8 Å². The molecule has 7 heteroatoms. The van der Waals surface area contributed by atoms with Crippen molar-refractivity contribution in [3.8, 4) is 11.5 Å². The second-order valence-corrected chi connectivity index (χ2v) is 9.57. The van der Waals surface area contributed by atoms with Crippen molar-refractivity contribution in [3.63, 3.8) is 0 Å². The van der Waals surface area contributed by atoms with Gasteiger partial charge in [0.25, 0.3) is 0 Å². The van der Waals surface area contributed by atoms with Gasteiger partial charge in [0.2, 0.25) is 5.91 Å². The van der Waals surface area contributed by atoms with Crippen molar-refractivity contribution >= 4 is 34.8 Å². The van der Waals surface area contributed by atoms with E-state index in [4.69, 9.17) is 9.47 Å². The molecular weight excluding hydrogens is 470 g/mol. The Morgan fingerprint density at radius 2 is 1.75 bits per heavy atom. The molecule has 0 bridgehead atoms. The summed E-state index contributed by atoms with van der Waals surface area (Å²) in [6.45, 7) is 6.51. The zero-order valence-electron chi connectivity index (χ0n) is 20.9. The topological polar surface area (TPSA) is 72.8 Å². The largest absolute Gasteiger partial charge is 0.493 e. The summed E-state index contributed by atoms with van der Waals surface area (Å²) in [7, 11) is 1.60. The first kappa shape index (κ1) is 25.3. The Morgan fingerprint density at radius 1 is 0.972 bits per heavy atom. The van der Waals surface area contributed by atoms with E-state index in [2.05, 4.69) is 40.6 Å². The Hall–Kier alpha value is -3.84. The fraction of sp³-hybridized carbons (Fsp3) is 0.207. The molecule has 0 saturated carbocycles. The van der Waals surface area contributed by atoms with Gasteiger partial charge in [-0.1, -0.05) is 41.5 Å². The number of ether oxygens (including phenoxy) is 2. The number of nitrogens with one attached hydrogen (secondary N) is 1. The molecule has 6 nitrogen and oxygen atoms in total. The van der Waals surface area contributed by atoms with Crippen LogP contribution in [0.25, 0.3) is 10.9 Å². The number of pyridine rings is 1. The fourth-order valence-corrected chi connectivity index (χ4v) is 4.56. The number of thioether (sulfide) groups is 1. The van der Waals surface area contributed by atoms with Crippen molar-refractivity contribution in [1.29, 1.82) is 0 Å². The van der Waals surface area contributed by atoms with Crippen LogP contribution in [0.3, 0.4) is 0 Å². The highest BCUT2D eigenvalue weighted by Crippen LogP contribution is 2.29. The molecular formula is C29H29N3O3S. The lowest BCUT2D eigenvalue weighted by Gasteiger charge is -2.11. The average molecular weight is 500 g/mol. The van der Waals surface area contributed by atoms with Gasteiger partial charge in [0.1, 0.15) is 6.61 Å². The number of hydrogen-bond donors (Lipinski definition) is 1. The normalized spacial score (nSPS) is 11.1. The first-order valence-corrected chi connectivity index (χ1v) is 12.6. The molecule has 4 rings (SSSR count). The van der Waals surface area contributed by atoms with Crippen molar-refractivity contribution in [1.82, 2.24) is 10.4 Å². The van der Waals surface area contributed by atoms with Crippen LogP contribution < -0.4 is 14.9 Å². The van der Waals surface area contributed by atoms with Gasteiger partial charge in [0, 0.05) is 16.0 Å². The van der Waals surface area contributed by atoms with Crippen molar-refractivity contribution in [2.45, 2.75) is 32.3 Å². The standard InChI is InChI=1S/C29H29N3O3S/c1-19-5-8-22(9-6-19)17-35-26-12-10-23(15-27(26)34-4)16-30-32-29(33)18-36-28-14-21(3)31-25-11-7-20(2)13-24(25)28/h5-16H,17-18H2,1-4H3,(H,32,33). The van der Waals surface area contributed by atoms with E-state index in [9.17, 15) is 4.79 Å². The predicted molar refractivity (Wildman–Crippen MR) is 146 cm³/mol. The Balaban J connectivity index is 1.33. The molecule has 0 spiro atoms. The zero-order chi connectivity index (χ0) is 25.5. The highest BCUT2D eigenvalue weighted by atomic mass is 32.2. The monoisotopic (exact) mass is 499 g/mol. The van der Waals surface area contributed by atoms with Crippen molar-refractivity contribution in [2.24, 2.45) is 5.10 Å². The molecule has 184 valence electrons. The van der Waals surface area contributed by atoms with Crippen LogP contribution in [0.2, 0.25) is 0 Å². The summed E-state index contributed by atoms with van der Waals surface area (Å²) in [6.07, 6.45) is 1.59. The number of rotatable bonds is 9. The predicted octanol–water partition coefficient (Wildman–Crippen LogP) is 5.99. The Bertz CT molecular complexity index is 1400. The minimum atomic E-state index is -0.184. The molecule has 36 heavy (non-hydrogen) atoms. The van der Waals surface area contributed by atoms with Gasteiger partial charge in [-0.25, -0.2) is 5.43 Å². The maximum atomic E-state index is 12.4. The van der Waals surface area contributed by atoms with Crippen LogP contribution >= 0.6 is 11.8 Å². The quantitative estimate of drug-likeness (QED) is 0.174. The molecule has 1 aromatic heterocycles. The first-order chi connectivity index (χ1) is 17.4. The average Bonchev–Trinajstić information content (AvgIpc) is 2.87. The first-order valence-electron chi connectivity index (χ1n) is 11.6. The SMILES string of the molecule is COc1cc(C=NNC(=O)CSc2cc(C)nc3ccc(C)cc23)ccc1OCc1ccc(C)cc1. The summed E-state index contributed by atoms with van der Waals surface area (Å²) in [6, 6.07) is 21.9. The lowest BCUT2D eigenvalue weighted by Crippen LogP contribution is -2.19. The molecule has 1 N–H and O–H groups in total. The zero-order valence-corrected chi connectivity index (χ0v) is 21.7. The minimum Gasteiger partial charge on any atom is -0.493 e. The molecule has 0 aliphatic carbocycles. The van der Waals surface area contributed by atoms with Gasteiger partial charge in [-0.3, -0.25) is 9.78 Å². The molecule has 3 aromatic carbocycles. The van der Waals surface area contributed by atoms with Gasteiger partial charge in [0.05, 0.1) is 24.6 Å². The van der Waals surface area contributed by atoms with Gasteiger partial charge < -0.3 is 9.47 Å².